The van der Waals surface area contributed by atoms with Crippen molar-refractivity contribution < 1.29 is 0 Å². The molecule has 2 heteroatoms. The lowest BCUT2D eigenvalue weighted by atomic mass is 10.0. The molecule has 0 aliphatic rings. The summed E-state index contributed by atoms with van der Waals surface area (Å²) in [5.41, 5.74) is 2.80. The van der Waals surface area contributed by atoms with E-state index in [1.165, 1.54) is 11.3 Å². The smallest absolute Gasteiger partial charge is 0.0527 e. The third-order valence-corrected chi connectivity index (χ3v) is 2.24. The van der Waals surface area contributed by atoms with Crippen molar-refractivity contribution in [2.75, 3.05) is 0 Å². The number of nitrogens with zero attached hydrogens (tertiary/aromatic N) is 2. The Kier molecular flexibility index (Phi) is 2.90. The second-order valence-electron chi connectivity index (χ2n) is 3.37. The van der Waals surface area contributed by atoms with Gasteiger partial charge >= 0.3 is 0 Å². The van der Waals surface area contributed by atoms with Crippen LogP contribution in [0.15, 0.2) is 6.20 Å². The van der Waals surface area contributed by atoms with Gasteiger partial charge in [-0.2, -0.15) is 5.10 Å². The molecular formula is C10H18N2. The molecule has 0 aromatic carbocycles. The average molecular weight is 166 g/mol. The molecule has 0 spiro atoms. The van der Waals surface area contributed by atoms with Gasteiger partial charge in [0.05, 0.1) is 6.20 Å². The van der Waals surface area contributed by atoms with Crippen molar-refractivity contribution in [3.05, 3.63) is 17.5 Å². The Labute approximate surface area is 74.6 Å². The molecule has 1 rings (SSSR count). The first-order valence-electron chi connectivity index (χ1n) is 4.75. The first kappa shape index (κ1) is 9.30. The van der Waals surface area contributed by atoms with Crippen LogP contribution in [-0.4, -0.2) is 9.78 Å². The third-order valence-electron chi connectivity index (χ3n) is 2.24. The maximum absolute atomic E-state index is 4.34. The number of hydrogen-bond donors (Lipinski definition) is 0. The first-order valence-corrected chi connectivity index (χ1v) is 4.75. The van der Waals surface area contributed by atoms with Gasteiger partial charge in [-0.1, -0.05) is 20.8 Å². The van der Waals surface area contributed by atoms with Crippen LogP contribution >= 0.6 is 0 Å². The predicted octanol–water partition coefficient (Wildman–Crippen LogP) is 2.59. The van der Waals surface area contributed by atoms with Gasteiger partial charge in [0, 0.05) is 12.2 Å². The van der Waals surface area contributed by atoms with Crippen LogP contribution in [0.25, 0.3) is 0 Å². The molecule has 0 unspecified atom stereocenters. The second-order valence-corrected chi connectivity index (χ2v) is 3.37. The largest absolute Gasteiger partial charge is 0.270 e. The van der Waals surface area contributed by atoms with Crippen LogP contribution in [0, 0.1) is 0 Å². The molecule has 0 amide bonds. The molecule has 68 valence electrons. The van der Waals surface area contributed by atoms with Gasteiger partial charge in [0.15, 0.2) is 0 Å². The SMILES string of the molecule is CCc1c(C(C)C)cnn1CC. The lowest BCUT2D eigenvalue weighted by molar-refractivity contribution is 0.622. The highest BCUT2D eigenvalue weighted by Gasteiger charge is 2.10. The fourth-order valence-electron chi connectivity index (χ4n) is 1.57. The van der Waals surface area contributed by atoms with Gasteiger partial charge < -0.3 is 0 Å². The van der Waals surface area contributed by atoms with Crippen molar-refractivity contribution in [1.82, 2.24) is 9.78 Å². The first-order chi connectivity index (χ1) is 5.70. The molecule has 0 fully saturated rings. The van der Waals surface area contributed by atoms with E-state index in [0.29, 0.717) is 5.92 Å². The fourth-order valence-corrected chi connectivity index (χ4v) is 1.57. The van der Waals surface area contributed by atoms with Crippen molar-refractivity contribution >= 4 is 0 Å². The van der Waals surface area contributed by atoms with Crippen LogP contribution in [0.3, 0.4) is 0 Å². The Morgan fingerprint density at radius 1 is 1.42 bits per heavy atom. The topological polar surface area (TPSA) is 17.8 Å². The van der Waals surface area contributed by atoms with E-state index < -0.39 is 0 Å². The van der Waals surface area contributed by atoms with Gasteiger partial charge in [0.25, 0.3) is 0 Å². The van der Waals surface area contributed by atoms with Crippen molar-refractivity contribution in [2.45, 2.75) is 46.6 Å². The lowest BCUT2D eigenvalue weighted by Gasteiger charge is -2.07. The fraction of sp³-hybridized carbons (Fsp3) is 0.700. The van der Waals surface area contributed by atoms with Gasteiger partial charge in [-0.25, -0.2) is 0 Å². The average Bonchev–Trinajstić information content (AvgIpc) is 2.46. The van der Waals surface area contributed by atoms with Crippen LogP contribution in [0.2, 0.25) is 0 Å². The number of hydrogen-bond acceptors (Lipinski definition) is 1. The highest BCUT2D eigenvalue weighted by atomic mass is 15.3. The molecule has 0 N–H and O–H groups in total. The molecule has 2 nitrogen and oxygen atoms in total. The molecule has 0 bridgehead atoms. The van der Waals surface area contributed by atoms with E-state index in [0.717, 1.165) is 13.0 Å². The molecule has 0 atom stereocenters. The minimum Gasteiger partial charge on any atom is -0.270 e. The molecule has 1 aromatic heterocycles. The zero-order valence-corrected chi connectivity index (χ0v) is 8.46. The van der Waals surface area contributed by atoms with Crippen LogP contribution in [0.5, 0.6) is 0 Å². The van der Waals surface area contributed by atoms with Crippen molar-refractivity contribution in [1.29, 1.82) is 0 Å². The summed E-state index contributed by atoms with van der Waals surface area (Å²) in [6.45, 7) is 9.74. The summed E-state index contributed by atoms with van der Waals surface area (Å²) in [4.78, 5) is 0. The van der Waals surface area contributed by atoms with E-state index in [4.69, 9.17) is 0 Å². The van der Waals surface area contributed by atoms with E-state index in [2.05, 4.69) is 37.5 Å². The van der Waals surface area contributed by atoms with E-state index in [9.17, 15) is 0 Å². The van der Waals surface area contributed by atoms with Gasteiger partial charge in [-0.15, -0.1) is 0 Å². The maximum Gasteiger partial charge on any atom is 0.0527 e. The van der Waals surface area contributed by atoms with Crippen LogP contribution in [0.4, 0.5) is 0 Å². The van der Waals surface area contributed by atoms with E-state index in [-0.39, 0.29) is 0 Å². The van der Waals surface area contributed by atoms with Crippen molar-refractivity contribution in [3.8, 4) is 0 Å². The highest BCUT2D eigenvalue weighted by Crippen LogP contribution is 2.19. The minimum atomic E-state index is 0.597. The number of aryl methyl sites for hydroxylation is 1. The van der Waals surface area contributed by atoms with Gasteiger partial charge in [0.1, 0.15) is 0 Å². The zero-order valence-electron chi connectivity index (χ0n) is 8.46. The Hall–Kier alpha value is -0.790. The van der Waals surface area contributed by atoms with E-state index >= 15 is 0 Å². The monoisotopic (exact) mass is 166 g/mol. The van der Waals surface area contributed by atoms with Gasteiger partial charge in [-0.05, 0) is 24.8 Å². The van der Waals surface area contributed by atoms with Crippen molar-refractivity contribution in [2.24, 2.45) is 0 Å². The van der Waals surface area contributed by atoms with Gasteiger partial charge in [0.2, 0.25) is 0 Å². The summed E-state index contributed by atoms with van der Waals surface area (Å²) in [6.07, 6.45) is 3.09. The molecule has 0 radical (unpaired) electrons. The molecular weight excluding hydrogens is 148 g/mol. The van der Waals surface area contributed by atoms with Gasteiger partial charge in [-0.3, -0.25) is 4.68 Å². The normalized spacial score (nSPS) is 11.1. The molecule has 0 aliphatic heterocycles. The van der Waals surface area contributed by atoms with E-state index in [1.807, 2.05) is 6.20 Å². The quantitative estimate of drug-likeness (QED) is 0.675. The minimum absolute atomic E-state index is 0.597. The summed E-state index contributed by atoms with van der Waals surface area (Å²) in [5.74, 6) is 0.597. The maximum atomic E-state index is 4.34. The summed E-state index contributed by atoms with van der Waals surface area (Å²) in [5, 5.41) is 4.34. The molecule has 0 saturated heterocycles. The molecule has 0 saturated carbocycles. The number of rotatable bonds is 3. The summed E-state index contributed by atoms with van der Waals surface area (Å²) in [7, 11) is 0. The molecule has 0 aliphatic carbocycles. The van der Waals surface area contributed by atoms with Crippen LogP contribution < -0.4 is 0 Å². The Morgan fingerprint density at radius 2 is 2.08 bits per heavy atom. The Morgan fingerprint density at radius 3 is 2.50 bits per heavy atom. The zero-order chi connectivity index (χ0) is 9.14. The predicted molar refractivity (Wildman–Crippen MR) is 51.4 cm³/mol. The standard InChI is InChI=1S/C10H18N2/c1-5-10-9(8(3)4)7-11-12(10)6-2/h7-8H,5-6H2,1-4H3. The Bertz CT molecular complexity index is 248. The Balaban J connectivity index is 3.05. The third kappa shape index (κ3) is 1.52. The van der Waals surface area contributed by atoms with Crippen molar-refractivity contribution in [3.63, 3.8) is 0 Å². The highest BCUT2D eigenvalue weighted by molar-refractivity contribution is 5.21. The summed E-state index contributed by atoms with van der Waals surface area (Å²) < 4.78 is 2.09. The number of aromatic nitrogens is 2. The molecule has 1 heterocycles. The molecule has 12 heavy (non-hydrogen) atoms. The summed E-state index contributed by atoms with van der Waals surface area (Å²) in [6, 6.07) is 0. The summed E-state index contributed by atoms with van der Waals surface area (Å²) >= 11 is 0. The second kappa shape index (κ2) is 3.74. The lowest BCUT2D eigenvalue weighted by Crippen LogP contribution is -2.03. The molecule has 1 aromatic rings. The van der Waals surface area contributed by atoms with Crippen LogP contribution in [-0.2, 0) is 13.0 Å². The van der Waals surface area contributed by atoms with E-state index in [1.54, 1.807) is 0 Å². The van der Waals surface area contributed by atoms with Crippen LogP contribution in [0.1, 0.15) is 44.9 Å².